The van der Waals surface area contributed by atoms with Crippen LogP contribution in [0.15, 0.2) is 12.7 Å². The summed E-state index contributed by atoms with van der Waals surface area (Å²) in [6.45, 7) is 3.42. The number of fused-ring (bicyclic) bond motifs is 2. The molecule has 0 saturated carbocycles. The van der Waals surface area contributed by atoms with E-state index >= 15 is 0 Å². The maximum Gasteiger partial charge on any atom is 0.264 e. The third kappa shape index (κ3) is 3.17. The zero-order chi connectivity index (χ0) is 18.7. The van der Waals surface area contributed by atoms with E-state index in [1.54, 1.807) is 24.7 Å². The second-order valence-corrected chi connectivity index (χ2v) is 8.71. The molecule has 0 aromatic carbocycles. The van der Waals surface area contributed by atoms with Gasteiger partial charge in [0.05, 0.1) is 25.5 Å². The average Bonchev–Trinajstić information content (AvgIpc) is 3.16. The van der Waals surface area contributed by atoms with Gasteiger partial charge in [-0.2, -0.15) is 8.42 Å². The van der Waals surface area contributed by atoms with E-state index in [9.17, 15) is 8.42 Å². The van der Waals surface area contributed by atoms with Crippen LogP contribution in [-0.4, -0.2) is 64.9 Å². The third-order valence-electron chi connectivity index (χ3n) is 4.23. The van der Waals surface area contributed by atoms with Crippen LogP contribution in [0.3, 0.4) is 0 Å². The Kier molecular flexibility index (Phi) is 4.17. The minimum absolute atomic E-state index is 0.167. The first-order chi connectivity index (χ1) is 12.1. The minimum Gasteiger partial charge on any atom is -0.347 e. The molecular weight excluding hydrogens is 384 g/mol. The van der Waals surface area contributed by atoms with Crippen LogP contribution in [0.4, 0.5) is 0 Å². The summed E-state index contributed by atoms with van der Waals surface area (Å²) in [6, 6.07) is 0. The fraction of sp³-hybridized carbons (Fsp3) is 0.643. The molecular formula is C14H18N4O6S2. The molecule has 2 aromatic rings. The van der Waals surface area contributed by atoms with Crippen molar-refractivity contribution in [1.82, 2.24) is 19.5 Å². The molecule has 2 aliphatic rings. The highest BCUT2D eigenvalue weighted by molar-refractivity contribution is 7.85. The highest BCUT2D eigenvalue weighted by Crippen LogP contribution is 2.43. The molecule has 2 aromatic heterocycles. The van der Waals surface area contributed by atoms with E-state index in [0.717, 1.165) is 6.26 Å². The molecule has 1 N–H and O–H groups in total. The molecule has 0 amide bonds. The lowest BCUT2D eigenvalue weighted by atomic mass is 10.1. The van der Waals surface area contributed by atoms with Crippen molar-refractivity contribution in [3.8, 4) is 0 Å². The molecule has 4 rings (SSSR count). The van der Waals surface area contributed by atoms with E-state index in [1.165, 1.54) is 6.33 Å². The van der Waals surface area contributed by atoms with E-state index in [-0.39, 0.29) is 6.61 Å². The molecule has 4 heterocycles. The van der Waals surface area contributed by atoms with E-state index < -0.39 is 40.4 Å². The number of imidazole rings is 1. The summed E-state index contributed by atoms with van der Waals surface area (Å²) < 4.78 is 47.6. The summed E-state index contributed by atoms with van der Waals surface area (Å²) in [4.78, 5) is 11.3. The van der Waals surface area contributed by atoms with Crippen LogP contribution in [0, 0.1) is 4.64 Å². The molecule has 2 aliphatic heterocycles. The summed E-state index contributed by atoms with van der Waals surface area (Å²) in [5, 5.41) is 0. The lowest BCUT2D eigenvalue weighted by Gasteiger charge is -2.24. The van der Waals surface area contributed by atoms with Gasteiger partial charge < -0.3 is 19.2 Å². The Morgan fingerprint density at radius 1 is 1.35 bits per heavy atom. The molecule has 4 atom stereocenters. The topological polar surface area (TPSA) is 118 Å². The second kappa shape index (κ2) is 6.04. The van der Waals surface area contributed by atoms with Crippen LogP contribution >= 0.6 is 12.2 Å². The Bertz CT molecular complexity index is 1000. The number of hydrogen-bond acceptors (Lipinski definition) is 9. The number of hydrogen-bond donors (Lipinski definition) is 1. The maximum atomic E-state index is 11.3. The number of rotatable bonds is 4. The standard InChI is InChI=1S/C14H18N4O6S2/c1-14(2)23-9-7(4-21-26(3,19)20)22-13(10(9)24-14)18-6-17-8-11(18)15-5-16-12(8)25/h5-7,9-10,13H,4H2,1-3H3,(H,15,16,25). The first kappa shape index (κ1) is 17.9. The molecule has 12 heteroatoms. The van der Waals surface area contributed by atoms with Crippen molar-refractivity contribution in [2.45, 2.75) is 44.2 Å². The summed E-state index contributed by atoms with van der Waals surface area (Å²) in [7, 11) is -3.60. The number of nitrogens with zero attached hydrogens (tertiary/aromatic N) is 3. The third-order valence-corrected chi connectivity index (χ3v) is 5.09. The van der Waals surface area contributed by atoms with Crippen molar-refractivity contribution in [2.75, 3.05) is 12.9 Å². The van der Waals surface area contributed by atoms with Crippen LogP contribution < -0.4 is 0 Å². The molecule has 0 radical (unpaired) electrons. The molecule has 2 fully saturated rings. The minimum atomic E-state index is -3.60. The highest BCUT2D eigenvalue weighted by atomic mass is 32.2. The number of H-pyrrole nitrogens is 1. The molecule has 0 spiro atoms. The van der Waals surface area contributed by atoms with Crippen LogP contribution in [0.5, 0.6) is 0 Å². The van der Waals surface area contributed by atoms with Gasteiger partial charge in [-0.3, -0.25) is 8.75 Å². The van der Waals surface area contributed by atoms with Crippen LogP contribution in [0.25, 0.3) is 11.2 Å². The Balaban J connectivity index is 1.69. The molecule has 0 bridgehead atoms. The van der Waals surface area contributed by atoms with Gasteiger partial charge in [0, 0.05) is 0 Å². The fourth-order valence-corrected chi connectivity index (χ4v) is 3.86. The molecule has 10 nitrogen and oxygen atoms in total. The van der Waals surface area contributed by atoms with Gasteiger partial charge in [-0.15, -0.1) is 0 Å². The van der Waals surface area contributed by atoms with Crippen LogP contribution in [0.1, 0.15) is 20.1 Å². The number of aromatic nitrogens is 4. The van der Waals surface area contributed by atoms with E-state index in [1.807, 2.05) is 0 Å². The number of nitrogens with one attached hydrogen (secondary N) is 1. The van der Waals surface area contributed by atoms with Crippen molar-refractivity contribution in [2.24, 2.45) is 0 Å². The van der Waals surface area contributed by atoms with Crippen molar-refractivity contribution < 1.29 is 26.8 Å². The van der Waals surface area contributed by atoms with Crippen molar-refractivity contribution >= 4 is 33.5 Å². The number of ether oxygens (including phenoxy) is 3. The smallest absolute Gasteiger partial charge is 0.264 e. The van der Waals surface area contributed by atoms with Crippen molar-refractivity contribution in [3.63, 3.8) is 0 Å². The van der Waals surface area contributed by atoms with Gasteiger partial charge in [0.25, 0.3) is 10.1 Å². The molecule has 4 unspecified atom stereocenters. The van der Waals surface area contributed by atoms with Crippen molar-refractivity contribution in [1.29, 1.82) is 0 Å². The predicted octanol–water partition coefficient (Wildman–Crippen LogP) is 0.883. The predicted molar refractivity (Wildman–Crippen MR) is 91.2 cm³/mol. The Morgan fingerprint density at radius 2 is 2.08 bits per heavy atom. The van der Waals surface area contributed by atoms with Crippen LogP contribution in [0.2, 0.25) is 0 Å². The second-order valence-electron chi connectivity index (χ2n) is 6.68. The maximum absolute atomic E-state index is 11.3. The molecule has 142 valence electrons. The summed E-state index contributed by atoms with van der Waals surface area (Å²) in [6.07, 6.45) is 1.88. The average molecular weight is 402 g/mol. The summed E-state index contributed by atoms with van der Waals surface area (Å²) in [5.41, 5.74) is 1.17. The van der Waals surface area contributed by atoms with Gasteiger partial charge in [0.2, 0.25) is 0 Å². The normalized spacial score (nSPS) is 30.7. The van der Waals surface area contributed by atoms with E-state index in [2.05, 4.69) is 15.0 Å². The van der Waals surface area contributed by atoms with Gasteiger partial charge in [0.15, 0.2) is 16.7 Å². The molecule has 2 saturated heterocycles. The van der Waals surface area contributed by atoms with Crippen LogP contribution in [-0.2, 0) is 28.5 Å². The van der Waals surface area contributed by atoms with Gasteiger partial charge in [-0.1, -0.05) is 12.2 Å². The Hall–Kier alpha value is -1.44. The SMILES string of the molecule is CC1(C)OC2C(COS(C)(=O)=O)OC(n3cnc4c(=S)nc[nH]c43)C2O1. The monoisotopic (exact) mass is 402 g/mol. The summed E-state index contributed by atoms with van der Waals surface area (Å²) >= 11 is 5.19. The lowest BCUT2D eigenvalue weighted by molar-refractivity contribution is -0.198. The largest absolute Gasteiger partial charge is 0.347 e. The van der Waals surface area contributed by atoms with Gasteiger partial charge in [-0.05, 0) is 13.8 Å². The molecule has 0 aliphatic carbocycles. The van der Waals surface area contributed by atoms with Gasteiger partial charge in [0.1, 0.15) is 29.5 Å². The zero-order valence-corrected chi connectivity index (χ0v) is 15.9. The Morgan fingerprint density at radius 3 is 2.81 bits per heavy atom. The van der Waals surface area contributed by atoms with E-state index in [0.29, 0.717) is 15.8 Å². The zero-order valence-electron chi connectivity index (χ0n) is 14.3. The fourth-order valence-electron chi connectivity index (χ4n) is 3.27. The number of aromatic amines is 1. The quantitative estimate of drug-likeness (QED) is 0.587. The van der Waals surface area contributed by atoms with E-state index in [4.69, 9.17) is 30.6 Å². The lowest BCUT2D eigenvalue weighted by Crippen LogP contribution is -2.33. The van der Waals surface area contributed by atoms with Crippen molar-refractivity contribution in [3.05, 3.63) is 17.3 Å². The molecule has 26 heavy (non-hydrogen) atoms. The summed E-state index contributed by atoms with van der Waals surface area (Å²) in [5.74, 6) is -0.828. The first-order valence-electron chi connectivity index (χ1n) is 7.90. The van der Waals surface area contributed by atoms with Gasteiger partial charge >= 0.3 is 0 Å². The Labute approximate surface area is 154 Å². The highest BCUT2D eigenvalue weighted by Gasteiger charge is 2.56. The van der Waals surface area contributed by atoms with Gasteiger partial charge in [-0.25, -0.2) is 9.97 Å². The first-order valence-corrected chi connectivity index (χ1v) is 10.1.